The summed E-state index contributed by atoms with van der Waals surface area (Å²) in [5.74, 6) is 0.763. The lowest BCUT2D eigenvalue weighted by atomic mass is 10.0. The first-order chi connectivity index (χ1) is 11.1. The zero-order chi connectivity index (χ0) is 16.7. The molecule has 0 bridgehead atoms. The fourth-order valence-electron chi connectivity index (χ4n) is 2.31. The molecule has 0 saturated carbocycles. The average Bonchev–Trinajstić information content (AvgIpc) is 2.58. The maximum absolute atomic E-state index is 11.8. The third kappa shape index (κ3) is 4.68. The highest BCUT2D eigenvalue weighted by molar-refractivity contribution is 5.84. The Hall–Kier alpha value is -2.62. The van der Waals surface area contributed by atoms with Crippen molar-refractivity contribution in [2.75, 3.05) is 7.11 Å². The minimum absolute atomic E-state index is 0.0898. The number of nitrogens with one attached hydrogen (secondary N) is 1. The lowest BCUT2D eigenvalue weighted by Crippen LogP contribution is -2.18. The molecule has 0 aliphatic carbocycles. The van der Waals surface area contributed by atoms with Crippen molar-refractivity contribution >= 4 is 12.1 Å². The van der Waals surface area contributed by atoms with E-state index in [1.807, 2.05) is 56.3 Å². The molecule has 0 fully saturated rings. The maximum Gasteiger partial charge on any atom is 0.240 e. The first kappa shape index (κ1) is 16.7. The highest BCUT2D eigenvalue weighted by Crippen LogP contribution is 2.22. The van der Waals surface area contributed by atoms with Crippen molar-refractivity contribution < 1.29 is 9.53 Å². The minimum atomic E-state index is -0.0898. The summed E-state index contributed by atoms with van der Waals surface area (Å²) in [6.45, 7) is 4.01. The number of amides is 1. The van der Waals surface area contributed by atoms with Gasteiger partial charge in [-0.2, -0.15) is 5.10 Å². The molecule has 0 aromatic heterocycles. The Morgan fingerprint density at radius 1 is 1.13 bits per heavy atom. The fourth-order valence-corrected chi connectivity index (χ4v) is 2.31. The largest absolute Gasteiger partial charge is 0.496 e. The molecule has 1 amide bonds. The maximum atomic E-state index is 11.8. The smallest absolute Gasteiger partial charge is 0.240 e. The summed E-state index contributed by atoms with van der Waals surface area (Å²) in [4.78, 5) is 11.8. The number of nitrogens with zero attached hydrogens (tertiary/aromatic N) is 1. The highest BCUT2D eigenvalue weighted by Gasteiger charge is 2.05. The van der Waals surface area contributed by atoms with E-state index < -0.39 is 0 Å². The van der Waals surface area contributed by atoms with Crippen LogP contribution in [0.3, 0.4) is 0 Å². The van der Waals surface area contributed by atoms with Gasteiger partial charge < -0.3 is 4.74 Å². The van der Waals surface area contributed by atoms with E-state index >= 15 is 0 Å². The van der Waals surface area contributed by atoms with Gasteiger partial charge >= 0.3 is 0 Å². The topological polar surface area (TPSA) is 50.7 Å². The van der Waals surface area contributed by atoms with Crippen molar-refractivity contribution in [3.05, 3.63) is 64.7 Å². The van der Waals surface area contributed by atoms with Crippen molar-refractivity contribution in [2.45, 2.75) is 26.7 Å². The van der Waals surface area contributed by atoms with Crippen LogP contribution in [0.4, 0.5) is 0 Å². The molecular weight excluding hydrogens is 288 g/mol. The summed E-state index contributed by atoms with van der Waals surface area (Å²) in [6.07, 6.45) is 2.80. The van der Waals surface area contributed by atoms with Gasteiger partial charge in [-0.05, 0) is 54.7 Å². The SMILES string of the molecule is COc1ccc(/C=N/NC(=O)CCc2ccccc2)c(C)c1C. The molecule has 1 N–H and O–H groups in total. The third-order valence-corrected chi connectivity index (χ3v) is 3.88. The number of benzene rings is 2. The number of hydrogen-bond donors (Lipinski definition) is 1. The summed E-state index contributed by atoms with van der Waals surface area (Å²) in [5.41, 5.74) is 6.85. The van der Waals surface area contributed by atoms with Gasteiger partial charge in [0.2, 0.25) is 5.91 Å². The van der Waals surface area contributed by atoms with E-state index in [1.165, 1.54) is 0 Å². The monoisotopic (exact) mass is 310 g/mol. The van der Waals surface area contributed by atoms with Crippen LogP contribution in [0.5, 0.6) is 5.75 Å². The first-order valence-electron chi connectivity index (χ1n) is 7.62. The van der Waals surface area contributed by atoms with Crippen LogP contribution < -0.4 is 10.2 Å². The van der Waals surface area contributed by atoms with Gasteiger partial charge in [-0.15, -0.1) is 0 Å². The molecule has 2 rings (SSSR count). The Bertz CT molecular complexity index is 694. The number of aryl methyl sites for hydroxylation is 1. The molecule has 4 heteroatoms. The number of carbonyl (C=O) groups excluding carboxylic acids is 1. The summed E-state index contributed by atoms with van der Waals surface area (Å²) in [6, 6.07) is 13.8. The van der Waals surface area contributed by atoms with Gasteiger partial charge in [0.1, 0.15) is 5.75 Å². The van der Waals surface area contributed by atoms with E-state index in [0.717, 1.165) is 28.0 Å². The molecule has 0 aliphatic heterocycles. The Balaban J connectivity index is 1.89. The first-order valence-corrected chi connectivity index (χ1v) is 7.62. The zero-order valence-electron chi connectivity index (χ0n) is 13.8. The van der Waals surface area contributed by atoms with Crippen molar-refractivity contribution in [1.82, 2.24) is 5.43 Å². The van der Waals surface area contributed by atoms with Crippen LogP contribution in [0.2, 0.25) is 0 Å². The van der Waals surface area contributed by atoms with Gasteiger partial charge in [-0.3, -0.25) is 4.79 Å². The van der Waals surface area contributed by atoms with Gasteiger partial charge in [0.15, 0.2) is 0 Å². The van der Waals surface area contributed by atoms with Crippen LogP contribution in [0.1, 0.15) is 28.7 Å². The highest BCUT2D eigenvalue weighted by atomic mass is 16.5. The van der Waals surface area contributed by atoms with Crippen LogP contribution in [0.15, 0.2) is 47.6 Å². The van der Waals surface area contributed by atoms with Crippen molar-refractivity contribution in [2.24, 2.45) is 5.10 Å². The number of rotatable bonds is 6. The third-order valence-electron chi connectivity index (χ3n) is 3.88. The number of ether oxygens (including phenoxy) is 1. The Morgan fingerprint density at radius 3 is 2.57 bits per heavy atom. The number of methoxy groups -OCH3 is 1. The second-order valence-corrected chi connectivity index (χ2v) is 5.39. The van der Waals surface area contributed by atoms with E-state index in [0.29, 0.717) is 12.8 Å². The van der Waals surface area contributed by atoms with Gasteiger partial charge in [0, 0.05) is 6.42 Å². The number of carbonyl (C=O) groups is 1. The number of hydrazone groups is 1. The normalized spacial score (nSPS) is 10.7. The minimum Gasteiger partial charge on any atom is -0.496 e. The van der Waals surface area contributed by atoms with Crippen LogP contribution >= 0.6 is 0 Å². The van der Waals surface area contributed by atoms with Crippen LogP contribution in [0, 0.1) is 13.8 Å². The van der Waals surface area contributed by atoms with Crippen molar-refractivity contribution in [3.63, 3.8) is 0 Å². The lowest BCUT2D eigenvalue weighted by Gasteiger charge is -2.09. The van der Waals surface area contributed by atoms with Crippen LogP contribution in [-0.2, 0) is 11.2 Å². The molecule has 0 aliphatic rings. The molecular formula is C19H22N2O2. The van der Waals surface area contributed by atoms with E-state index in [2.05, 4.69) is 10.5 Å². The molecule has 23 heavy (non-hydrogen) atoms. The van der Waals surface area contributed by atoms with E-state index in [4.69, 9.17) is 4.74 Å². The Morgan fingerprint density at radius 2 is 1.87 bits per heavy atom. The quantitative estimate of drug-likeness (QED) is 0.657. The van der Waals surface area contributed by atoms with Gasteiger partial charge in [-0.1, -0.05) is 30.3 Å². The molecule has 120 valence electrons. The summed E-state index contributed by atoms with van der Waals surface area (Å²) < 4.78 is 5.28. The summed E-state index contributed by atoms with van der Waals surface area (Å²) in [5, 5.41) is 4.05. The van der Waals surface area contributed by atoms with Crippen molar-refractivity contribution in [3.8, 4) is 5.75 Å². The van der Waals surface area contributed by atoms with E-state index in [9.17, 15) is 4.79 Å². The van der Waals surface area contributed by atoms with Gasteiger partial charge in [-0.25, -0.2) is 5.43 Å². The second-order valence-electron chi connectivity index (χ2n) is 5.39. The van der Waals surface area contributed by atoms with Gasteiger partial charge in [0.05, 0.1) is 13.3 Å². The fraction of sp³-hybridized carbons (Fsp3) is 0.263. The molecule has 0 unspecified atom stereocenters. The molecule has 0 saturated heterocycles. The molecule has 2 aromatic rings. The number of hydrogen-bond acceptors (Lipinski definition) is 3. The predicted molar refractivity (Wildman–Crippen MR) is 93.0 cm³/mol. The molecule has 0 radical (unpaired) electrons. The summed E-state index contributed by atoms with van der Waals surface area (Å²) in [7, 11) is 1.66. The standard InChI is InChI=1S/C19H22N2O2/c1-14-15(2)18(23-3)11-10-17(14)13-20-21-19(22)12-9-16-7-5-4-6-8-16/h4-8,10-11,13H,9,12H2,1-3H3,(H,21,22)/b20-13+. The van der Waals surface area contributed by atoms with E-state index in [1.54, 1.807) is 13.3 Å². The summed E-state index contributed by atoms with van der Waals surface area (Å²) >= 11 is 0. The molecule has 2 aromatic carbocycles. The second kappa shape index (κ2) is 8.13. The lowest BCUT2D eigenvalue weighted by molar-refractivity contribution is -0.121. The van der Waals surface area contributed by atoms with Crippen LogP contribution in [0.25, 0.3) is 0 Å². The predicted octanol–water partition coefficient (Wildman–Crippen LogP) is 3.39. The van der Waals surface area contributed by atoms with Crippen LogP contribution in [-0.4, -0.2) is 19.2 Å². The van der Waals surface area contributed by atoms with Crippen molar-refractivity contribution in [1.29, 1.82) is 0 Å². The molecule has 0 heterocycles. The molecule has 0 spiro atoms. The Kier molecular flexibility index (Phi) is 5.92. The van der Waals surface area contributed by atoms with Gasteiger partial charge in [0.25, 0.3) is 0 Å². The Labute approximate surface area is 137 Å². The van der Waals surface area contributed by atoms with E-state index in [-0.39, 0.29) is 5.91 Å². The zero-order valence-corrected chi connectivity index (χ0v) is 13.8. The molecule has 0 atom stereocenters. The average molecular weight is 310 g/mol. The molecule has 4 nitrogen and oxygen atoms in total.